The maximum atomic E-state index is 15.1. The van der Waals surface area contributed by atoms with E-state index in [0.29, 0.717) is 46.3 Å². The Bertz CT molecular complexity index is 1390. The molecule has 0 spiro atoms. The van der Waals surface area contributed by atoms with Gasteiger partial charge in [0, 0.05) is 37.4 Å². The number of pyridine rings is 1. The second-order valence-corrected chi connectivity index (χ2v) is 8.84. The second-order valence-electron chi connectivity index (χ2n) is 8.84. The van der Waals surface area contributed by atoms with Gasteiger partial charge in [-0.05, 0) is 37.8 Å². The van der Waals surface area contributed by atoms with E-state index in [2.05, 4.69) is 30.2 Å². The van der Waals surface area contributed by atoms with Crippen molar-refractivity contribution in [2.75, 3.05) is 23.8 Å². The molecule has 4 heterocycles. The Morgan fingerprint density at radius 2 is 2.06 bits per heavy atom. The van der Waals surface area contributed by atoms with Gasteiger partial charge in [-0.1, -0.05) is 0 Å². The Balaban J connectivity index is 1.58. The van der Waals surface area contributed by atoms with Crippen LogP contribution in [0.25, 0.3) is 21.9 Å². The summed E-state index contributed by atoms with van der Waals surface area (Å²) in [5, 5.41) is 3.49. The van der Waals surface area contributed by atoms with E-state index in [0.717, 1.165) is 24.6 Å². The molecule has 10 heteroatoms. The van der Waals surface area contributed by atoms with Crippen LogP contribution in [0.2, 0.25) is 0 Å². The number of anilines is 2. The first-order valence-corrected chi connectivity index (χ1v) is 10.9. The molecule has 4 aromatic rings. The fourth-order valence-electron chi connectivity index (χ4n) is 5.18. The van der Waals surface area contributed by atoms with Crippen molar-refractivity contribution in [1.29, 1.82) is 0 Å². The van der Waals surface area contributed by atoms with E-state index < -0.39 is 11.6 Å². The number of nitrogens with zero attached hydrogens (tertiary/aromatic N) is 4. The van der Waals surface area contributed by atoms with Crippen LogP contribution in [0.15, 0.2) is 24.4 Å². The zero-order chi connectivity index (χ0) is 22.9. The molecule has 1 aromatic carbocycles. The second kappa shape index (κ2) is 7.24. The molecule has 1 aliphatic carbocycles. The summed E-state index contributed by atoms with van der Waals surface area (Å²) < 4.78 is 35.5. The number of halogens is 2. The highest BCUT2D eigenvalue weighted by Crippen LogP contribution is 2.44. The van der Waals surface area contributed by atoms with Crippen molar-refractivity contribution >= 4 is 33.4 Å². The molecule has 33 heavy (non-hydrogen) atoms. The number of fused-ring (bicyclic) bond motifs is 5. The molecule has 1 saturated carbocycles. The largest absolute Gasteiger partial charge is 0.423 e. The lowest BCUT2D eigenvalue weighted by atomic mass is 10.0. The zero-order valence-electron chi connectivity index (χ0n) is 18.2. The number of aromatic amines is 1. The molecule has 0 amide bonds. The summed E-state index contributed by atoms with van der Waals surface area (Å²) in [5.41, 5.74) is 8.35. The smallest absolute Gasteiger partial charge is 0.326 e. The number of hydrogen-bond acceptors (Lipinski definition) is 7. The maximum Gasteiger partial charge on any atom is 0.326 e. The molecular formula is C23H23F2N7O. The van der Waals surface area contributed by atoms with Crippen molar-refractivity contribution in [1.82, 2.24) is 19.9 Å². The summed E-state index contributed by atoms with van der Waals surface area (Å²) in [6.07, 6.45) is 3.37. The summed E-state index contributed by atoms with van der Waals surface area (Å²) >= 11 is 0. The first-order valence-electron chi connectivity index (χ1n) is 10.9. The summed E-state index contributed by atoms with van der Waals surface area (Å²) in [4.78, 5) is 18.7. The molecule has 2 fully saturated rings. The van der Waals surface area contributed by atoms with Crippen molar-refractivity contribution in [3.05, 3.63) is 41.7 Å². The van der Waals surface area contributed by atoms with Crippen LogP contribution in [-0.4, -0.2) is 45.6 Å². The molecule has 170 valence electrons. The molecule has 3 aromatic heterocycles. The predicted octanol–water partition coefficient (Wildman–Crippen LogP) is 3.85. The van der Waals surface area contributed by atoms with Gasteiger partial charge in [0.15, 0.2) is 11.6 Å². The van der Waals surface area contributed by atoms with Gasteiger partial charge in [-0.2, -0.15) is 9.97 Å². The number of ether oxygens (including phenoxy) is 1. The standard InChI is InChI=1S/C23H23F2N7O/c1-10-3-4-13(8-28-10)33-23-30-21-18(17-19(25)14(24)7-16(27-2)20(17)29-21)22(31-23)32-9-11-5-12(32)6-15(11)26/h3-4,7-8,11-12,15,27H,5-6,9,26H2,1-2H3,(H,29,30,31)/t11?,12?,15-/m1/s1. The third-order valence-electron chi connectivity index (χ3n) is 6.81. The van der Waals surface area contributed by atoms with Gasteiger partial charge in [-0.15, -0.1) is 0 Å². The number of nitrogens with two attached hydrogens (primary N) is 1. The van der Waals surface area contributed by atoms with Gasteiger partial charge in [0.05, 0.1) is 28.2 Å². The molecule has 2 aliphatic rings. The number of benzene rings is 1. The van der Waals surface area contributed by atoms with E-state index in [1.165, 1.54) is 0 Å². The lowest BCUT2D eigenvalue weighted by molar-refractivity contribution is 0.438. The highest BCUT2D eigenvalue weighted by molar-refractivity contribution is 6.15. The maximum absolute atomic E-state index is 15.1. The van der Waals surface area contributed by atoms with Crippen LogP contribution in [0.5, 0.6) is 11.8 Å². The Morgan fingerprint density at radius 3 is 2.73 bits per heavy atom. The third kappa shape index (κ3) is 3.08. The average Bonchev–Trinajstić information content (AvgIpc) is 3.49. The molecule has 0 radical (unpaired) electrons. The number of rotatable bonds is 4. The van der Waals surface area contributed by atoms with Crippen LogP contribution in [0.4, 0.5) is 20.3 Å². The average molecular weight is 451 g/mol. The molecule has 4 N–H and O–H groups in total. The van der Waals surface area contributed by atoms with Crippen LogP contribution in [0.1, 0.15) is 18.5 Å². The van der Waals surface area contributed by atoms with Crippen LogP contribution in [-0.2, 0) is 0 Å². The monoisotopic (exact) mass is 451 g/mol. The number of H-pyrrole nitrogens is 1. The van der Waals surface area contributed by atoms with Crippen molar-refractivity contribution in [3.8, 4) is 11.8 Å². The first kappa shape index (κ1) is 20.1. The SMILES string of the molecule is CNc1cc(F)c(F)c2c1[nH]c1nc(Oc3ccc(C)nc3)nc(N3CC4CC3C[C@H]4N)c12. The fraction of sp³-hybridized carbons (Fsp3) is 0.348. The van der Waals surface area contributed by atoms with E-state index in [-0.39, 0.29) is 23.5 Å². The van der Waals surface area contributed by atoms with Gasteiger partial charge < -0.3 is 25.7 Å². The van der Waals surface area contributed by atoms with Gasteiger partial charge in [0.1, 0.15) is 17.2 Å². The molecule has 6 rings (SSSR count). The molecule has 1 saturated heterocycles. The Hall–Kier alpha value is -3.53. The Morgan fingerprint density at radius 1 is 1.21 bits per heavy atom. The zero-order valence-corrected chi connectivity index (χ0v) is 18.2. The highest BCUT2D eigenvalue weighted by atomic mass is 19.2. The molecule has 1 aliphatic heterocycles. The molecule has 3 atom stereocenters. The van der Waals surface area contributed by atoms with E-state index in [9.17, 15) is 4.39 Å². The van der Waals surface area contributed by atoms with Crippen LogP contribution in [0.3, 0.4) is 0 Å². The van der Waals surface area contributed by atoms with E-state index in [1.807, 2.05) is 13.0 Å². The van der Waals surface area contributed by atoms with Gasteiger partial charge >= 0.3 is 6.01 Å². The normalized spacial score (nSPS) is 22.0. The minimum absolute atomic E-state index is 0.105. The van der Waals surface area contributed by atoms with Crippen LogP contribution in [0, 0.1) is 24.5 Å². The summed E-state index contributed by atoms with van der Waals surface area (Å²) in [6.45, 7) is 2.58. The predicted molar refractivity (Wildman–Crippen MR) is 122 cm³/mol. The van der Waals surface area contributed by atoms with E-state index in [4.69, 9.17) is 10.5 Å². The van der Waals surface area contributed by atoms with Gasteiger partial charge in [0.2, 0.25) is 0 Å². The quantitative estimate of drug-likeness (QED) is 0.433. The van der Waals surface area contributed by atoms with Crippen molar-refractivity contribution in [2.24, 2.45) is 11.7 Å². The van der Waals surface area contributed by atoms with Crippen molar-refractivity contribution in [3.63, 3.8) is 0 Å². The fourth-order valence-corrected chi connectivity index (χ4v) is 5.18. The van der Waals surface area contributed by atoms with Gasteiger partial charge in [-0.3, -0.25) is 4.98 Å². The van der Waals surface area contributed by atoms with Crippen LogP contribution >= 0.6 is 0 Å². The van der Waals surface area contributed by atoms with E-state index in [1.54, 1.807) is 19.3 Å². The molecule has 2 unspecified atom stereocenters. The summed E-state index contributed by atoms with van der Waals surface area (Å²) in [5.74, 6) is -0.523. The van der Waals surface area contributed by atoms with Crippen LogP contribution < -0.4 is 20.7 Å². The third-order valence-corrected chi connectivity index (χ3v) is 6.81. The minimum Gasteiger partial charge on any atom is -0.423 e. The first-order chi connectivity index (χ1) is 15.9. The summed E-state index contributed by atoms with van der Waals surface area (Å²) in [7, 11) is 1.66. The number of piperidine rings is 1. The number of hydrogen-bond donors (Lipinski definition) is 3. The molecule has 8 nitrogen and oxygen atoms in total. The lowest BCUT2D eigenvalue weighted by Gasteiger charge is -2.31. The van der Waals surface area contributed by atoms with Gasteiger partial charge in [0.25, 0.3) is 0 Å². The Kier molecular flexibility index (Phi) is 4.41. The van der Waals surface area contributed by atoms with Gasteiger partial charge in [-0.25, -0.2) is 8.78 Å². The van der Waals surface area contributed by atoms with E-state index >= 15 is 4.39 Å². The topological polar surface area (TPSA) is 105 Å². The molecular weight excluding hydrogens is 428 g/mol. The Labute approximate surface area is 188 Å². The lowest BCUT2D eigenvalue weighted by Crippen LogP contribution is -2.41. The van der Waals surface area contributed by atoms with Crippen molar-refractivity contribution < 1.29 is 13.5 Å². The molecule has 2 bridgehead atoms. The van der Waals surface area contributed by atoms with Crippen molar-refractivity contribution in [2.45, 2.75) is 31.8 Å². The highest BCUT2D eigenvalue weighted by Gasteiger charge is 2.44. The number of aromatic nitrogens is 4. The minimum atomic E-state index is -0.935. The summed E-state index contributed by atoms with van der Waals surface area (Å²) in [6, 6.07) is 5.18. The number of aryl methyl sites for hydroxylation is 1. The number of nitrogens with one attached hydrogen (secondary N) is 2.